The van der Waals surface area contributed by atoms with Gasteiger partial charge in [-0.05, 0) is 19.9 Å². The van der Waals surface area contributed by atoms with Gasteiger partial charge in [0.1, 0.15) is 23.6 Å². The summed E-state index contributed by atoms with van der Waals surface area (Å²) >= 11 is 0. The standard InChI is InChI=1S/C16H15FN4O3/c1-9-14-15(24-20-9)19-10(2)21(16(14)23)8-13(22)18-7-11-5-3-4-6-12(11)17/h3-6H,7-8H2,1-2H3,(H,18,22). The van der Waals surface area contributed by atoms with Gasteiger partial charge in [-0.2, -0.15) is 4.98 Å². The van der Waals surface area contributed by atoms with Gasteiger partial charge in [-0.3, -0.25) is 14.2 Å². The third-order valence-corrected chi connectivity index (χ3v) is 3.69. The largest absolute Gasteiger partial charge is 0.350 e. The van der Waals surface area contributed by atoms with Gasteiger partial charge in [-0.15, -0.1) is 0 Å². The number of hydrogen-bond donors (Lipinski definition) is 1. The van der Waals surface area contributed by atoms with Crippen LogP contribution in [0.5, 0.6) is 0 Å². The first-order valence-corrected chi connectivity index (χ1v) is 7.31. The first kappa shape index (κ1) is 15.9. The van der Waals surface area contributed by atoms with Crippen molar-refractivity contribution in [2.24, 2.45) is 0 Å². The number of amides is 1. The van der Waals surface area contributed by atoms with Crippen molar-refractivity contribution >= 4 is 17.0 Å². The number of benzene rings is 1. The monoisotopic (exact) mass is 330 g/mol. The molecule has 8 heteroatoms. The Labute approximate surface area is 136 Å². The first-order valence-electron chi connectivity index (χ1n) is 7.31. The zero-order chi connectivity index (χ0) is 17.3. The number of carbonyl (C=O) groups excluding carboxylic acids is 1. The highest BCUT2D eigenvalue weighted by Crippen LogP contribution is 2.11. The molecule has 1 aromatic carbocycles. The molecule has 0 aliphatic rings. The smallest absolute Gasteiger partial charge is 0.267 e. The lowest BCUT2D eigenvalue weighted by molar-refractivity contribution is -0.121. The lowest BCUT2D eigenvalue weighted by Gasteiger charge is -2.10. The van der Waals surface area contributed by atoms with E-state index in [1.807, 2.05) is 0 Å². The molecule has 3 rings (SSSR count). The molecule has 0 fully saturated rings. The molecular formula is C16H15FN4O3. The highest BCUT2D eigenvalue weighted by Gasteiger charge is 2.16. The molecule has 0 radical (unpaired) electrons. The Hall–Kier alpha value is -3.03. The normalized spacial score (nSPS) is 11.0. The van der Waals surface area contributed by atoms with Crippen LogP contribution in [-0.4, -0.2) is 20.6 Å². The van der Waals surface area contributed by atoms with Gasteiger partial charge in [-0.25, -0.2) is 4.39 Å². The molecule has 3 aromatic rings. The van der Waals surface area contributed by atoms with Crippen molar-refractivity contribution in [2.75, 3.05) is 0 Å². The van der Waals surface area contributed by atoms with Gasteiger partial charge >= 0.3 is 0 Å². The topological polar surface area (TPSA) is 90.0 Å². The summed E-state index contributed by atoms with van der Waals surface area (Å²) in [6, 6.07) is 6.17. The molecule has 124 valence electrons. The molecular weight excluding hydrogens is 315 g/mol. The van der Waals surface area contributed by atoms with Crippen LogP contribution in [-0.2, 0) is 17.9 Å². The van der Waals surface area contributed by atoms with Crippen LogP contribution in [0.1, 0.15) is 17.1 Å². The quantitative estimate of drug-likeness (QED) is 0.782. The molecule has 7 nitrogen and oxygen atoms in total. The molecule has 2 aromatic heterocycles. The summed E-state index contributed by atoms with van der Waals surface area (Å²) in [5.41, 5.74) is 0.552. The van der Waals surface area contributed by atoms with E-state index < -0.39 is 17.3 Å². The van der Waals surface area contributed by atoms with Gasteiger partial charge in [0, 0.05) is 12.1 Å². The van der Waals surface area contributed by atoms with Crippen molar-refractivity contribution in [3.8, 4) is 0 Å². The first-order chi connectivity index (χ1) is 11.5. The maximum absolute atomic E-state index is 13.5. The summed E-state index contributed by atoms with van der Waals surface area (Å²) in [5, 5.41) is 6.56. The highest BCUT2D eigenvalue weighted by atomic mass is 19.1. The number of halogens is 1. The lowest BCUT2D eigenvalue weighted by Crippen LogP contribution is -2.33. The molecule has 0 aliphatic heterocycles. The molecule has 1 N–H and O–H groups in total. The summed E-state index contributed by atoms with van der Waals surface area (Å²) < 4.78 is 19.8. The zero-order valence-electron chi connectivity index (χ0n) is 13.2. The minimum absolute atomic E-state index is 0.0429. The molecule has 0 bridgehead atoms. The fraction of sp³-hybridized carbons (Fsp3) is 0.250. The van der Waals surface area contributed by atoms with Crippen LogP contribution in [0.3, 0.4) is 0 Å². The van der Waals surface area contributed by atoms with E-state index in [9.17, 15) is 14.0 Å². The van der Waals surface area contributed by atoms with Gasteiger partial charge in [0.25, 0.3) is 11.3 Å². The maximum atomic E-state index is 13.5. The number of aromatic nitrogens is 3. The Kier molecular flexibility index (Phi) is 4.11. The Morgan fingerprint density at radius 2 is 2.08 bits per heavy atom. The summed E-state index contributed by atoms with van der Waals surface area (Å²) in [5.74, 6) is -0.474. The van der Waals surface area contributed by atoms with E-state index in [1.54, 1.807) is 32.0 Å². The van der Waals surface area contributed by atoms with Crippen LogP contribution in [0.4, 0.5) is 4.39 Å². The second-order valence-corrected chi connectivity index (χ2v) is 5.37. The van der Waals surface area contributed by atoms with Crippen LogP contribution in [0.2, 0.25) is 0 Å². The number of nitrogens with one attached hydrogen (secondary N) is 1. The van der Waals surface area contributed by atoms with Crippen molar-refractivity contribution in [2.45, 2.75) is 26.9 Å². The molecule has 0 unspecified atom stereocenters. The predicted octanol–water partition coefficient (Wildman–Crippen LogP) is 1.46. The fourth-order valence-electron chi connectivity index (χ4n) is 2.39. The Balaban J connectivity index is 1.79. The van der Waals surface area contributed by atoms with E-state index in [-0.39, 0.29) is 24.2 Å². The van der Waals surface area contributed by atoms with Crippen molar-refractivity contribution in [3.63, 3.8) is 0 Å². The predicted molar refractivity (Wildman–Crippen MR) is 83.8 cm³/mol. The molecule has 0 saturated heterocycles. The molecule has 2 heterocycles. The minimum Gasteiger partial charge on any atom is -0.350 e. The van der Waals surface area contributed by atoms with Crippen molar-refractivity contribution in [3.05, 3.63) is 57.5 Å². The Morgan fingerprint density at radius 3 is 2.83 bits per heavy atom. The van der Waals surface area contributed by atoms with E-state index in [1.165, 1.54) is 10.6 Å². The zero-order valence-corrected chi connectivity index (χ0v) is 13.2. The van der Waals surface area contributed by atoms with E-state index in [0.717, 1.165) is 0 Å². The Morgan fingerprint density at radius 1 is 1.33 bits per heavy atom. The maximum Gasteiger partial charge on any atom is 0.267 e. The number of hydrogen-bond acceptors (Lipinski definition) is 5. The van der Waals surface area contributed by atoms with Gasteiger partial charge in [0.2, 0.25) is 5.91 Å². The van der Waals surface area contributed by atoms with E-state index in [0.29, 0.717) is 17.1 Å². The summed E-state index contributed by atoms with van der Waals surface area (Å²) in [6.07, 6.45) is 0. The van der Waals surface area contributed by atoms with Crippen LogP contribution in [0.15, 0.2) is 33.6 Å². The average molecular weight is 330 g/mol. The SMILES string of the molecule is Cc1noc2nc(C)n(CC(=O)NCc3ccccc3F)c(=O)c12. The number of fused-ring (bicyclic) bond motifs is 1. The second-order valence-electron chi connectivity index (χ2n) is 5.37. The molecule has 0 atom stereocenters. The van der Waals surface area contributed by atoms with Crippen LogP contribution < -0.4 is 10.9 Å². The van der Waals surface area contributed by atoms with E-state index in [2.05, 4.69) is 15.5 Å². The third-order valence-electron chi connectivity index (χ3n) is 3.69. The van der Waals surface area contributed by atoms with Crippen molar-refractivity contribution < 1.29 is 13.7 Å². The minimum atomic E-state index is -0.418. The summed E-state index contributed by atoms with van der Waals surface area (Å²) in [6.45, 7) is 3.06. The molecule has 0 saturated carbocycles. The van der Waals surface area contributed by atoms with E-state index >= 15 is 0 Å². The number of carbonyl (C=O) groups is 1. The number of rotatable bonds is 4. The molecule has 1 amide bonds. The van der Waals surface area contributed by atoms with E-state index in [4.69, 9.17) is 4.52 Å². The lowest BCUT2D eigenvalue weighted by atomic mass is 10.2. The third kappa shape index (κ3) is 2.90. The van der Waals surface area contributed by atoms with Crippen LogP contribution in [0, 0.1) is 19.7 Å². The van der Waals surface area contributed by atoms with Gasteiger partial charge in [0.15, 0.2) is 0 Å². The number of nitrogens with zero attached hydrogens (tertiary/aromatic N) is 3. The molecule has 24 heavy (non-hydrogen) atoms. The van der Waals surface area contributed by atoms with Crippen LogP contribution in [0.25, 0.3) is 11.1 Å². The van der Waals surface area contributed by atoms with Gasteiger partial charge in [-0.1, -0.05) is 23.4 Å². The Bertz CT molecular complexity index is 977. The molecule has 0 aliphatic carbocycles. The fourth-order valence-corrected chi connectivity index (χ4v) is 2.39. The second kappa shape index (κ2) is 6.23. The summed E-state index contributed by atoms with van der Waals surface area (Å²) in [7, 11) is 0. The van der Waals surface area contributed by atoms with Crippen molar-refractivity contribution in [1.29, 1.82) is 0 Å². The van der Waals surface area contributed by atoms with Gasteiger partial charge < -0.3 is 9.84 Å². The molecule has 0 spiro atoms. The van der Waals surface area contributed by atoms with Gasteiger partial charge in [0.05, 0.1) is 5.69 Å². The highest BCUT2D eigenvalue weighted by molar-refractivity contribution is 5.77. The van der Waals surface area contributed by atoms with Crippen LogP contribution >= 0.6 is 0 Å². The average Bonchev–Trinajstić information content (AvgIpc) is 2.91. The number of aryl methyl sites for hydroxylation is 2. The van der Waals surface area contributed by atoms with Crippen molar-refractivity contribution in [1.82, 2.24) is 20.0 Å². The summed E-state index contributed by atoms with van der Waals surface area (Å²) in [4.78, 5) is 28.7.